The van der Waals surface area contributed by atoms with Crippen LogP contribution in [0.15, 0.2) is 0 Å². The SMILES string of the molecule is CCC(C)(COC(=O)CCNCCN(CCO)CCC(=O)OCC(C)(C)CC(C)(C)C)CC(C)(C)C. The fraction of sp³-hybridized carbons (Fsp3) is 0.931. The lowest BCUT2D eigenvalue weighted by molar-refractivity contribution is -0.148. The average Bonchev–Trinajstić information content (AvgIpc) is 2.71. The molecule has 7 heteroatoms. The van der Waals surface area contributed by atoms with Gasteiger partial charge in [0.1, 0.15) is 0 Å². The van der Waals surface area contributed by atoms with E-state index in [9.17, 15) is 14.7 Å². The summed E-state index contributed by atoms with van der Waals surface area (Å²) in [7, 11) is 0. The summed E-state index contributed by atoms with van der Waals surface area (Å²) < 4.78 is 11.1. The van der Waals surface area contributed by atoms with E-state index in [2.05, 4.69) is 74.6 Å². The molecule has 36 heavy (non-hydrogen) atoms. The van der Waals surface area contributed by atoms with Crippen LogP contribution in [0.3, 0.4) is 0 Å². The minimum absolute atomic E-state index is 0.00434. The second-order valence-corrected chi connectivity index (χ2v) is 13.9. The number of aliphatic hydroxyl groups excluding tert-OH is 1. The molecule has 2 N–H and O–H groups in total. The largest absolute Gasteiger partial charge is 0.465 e. The molecule has 0 amide bonds. The fourth-order valence-electron chi connectivity index (χ4n) is 5.00. The molecule has 0 aromatic heterocycles. The first kappa shape index (κ1) is 34.8. The van der Waals surface area contributed by atoms with E-state index in [-0.39, 0.29) is 40.2 Å². The Hall–Kier alpha value is -1.18. The first-order valence-corrected chi connectivity index (χ1v) is 13.8. The number of esters is 2. The van der Waals surface area contributed by atoms with Crippen LogP contribution in [0.1, 0.15) is 101 Å². The molecule has 0 aliphatic heterocycles. The number of aliphatic hydroxyl groups is 1. The van der Waals surface area contributed by atoms with Gasteiger partial charge in [0.2, 0.25) is 0 Å². The Morgan fingerprint density at radius 1 is 0.750 bits per heavy atom. The topological polar surface area (TPSA) is 88.1 Å². The van der Waals surface area contributed by atoms with E-state index in [1.165, 1.54) is 0 Å². The summed E-state index contributed by atoms with van der Waals surface area (Å²) in [5.74, 6) is -0.387. The molecule has 1 unspecified atom stereocenters. The van der Waals surface area contributed by atoms with Gasteiger partial charge in [-0.05, 0) is 35.5 Å². The minimum Gasteiger partial charge on any atom is -0.465 e. The van der Waals surface area contributed by atoms with Crippen LogP contribution in [0.2, 0.25) is 0 Å². The van der Waals surface area contributed by atoms with Crippen molar-refractivity contribution < 1.29 is 24.2 Å². The van der Waals surface area contributed by atoms with Gasteiger partial charge in [-0.1, -0.05) is 69.2 Å². The van der Waals surface area contributed by atoms with Gasteiger partial charge in [-0.3, -0.25) is 14.5 Å². The first-order chi connectivity index (χ1) is 16.4. The van der Waals surface area contributed by atoms with E-state index in [0.29, 0.717) is 58.8 Å². The molecule has 0 aromatic carbocycles. The van der Waals surface area contributed by atoms with E-state index in [4.69, 9.17) is 9.47 Å². The quantitative estimate of drug-likeness (QED) is 0.195. The predicted octanol–water partition coefficient (Wildman–Crippen LogP) is 5.05. The predicted molar refractivity (Wildman–Crippen MR) is 148 cm³/mol. The van der Waals surface area contributed by atoms with Gasteiger partial charge >= 0.3 is 11.9 Å². The van der Waals surface area contributed by atoms with Crippen LogP contribution < -0.4 is 5.32 Å². The molecule has 0 rings (SSSR count). The summed E-state index contributed by atoms with van der Waals surface area (Å²) in [4.78, 5) is 26.5. The van der Waals surface area contributed by atoms with Crippen molar-refractivity contribution in [2.45, 2.75) is 101 Å². The van der Waals surface area contributed by atoms with Crippen LogP contribution in [0.25, 0.3) is 0 Å². The zero-order valence-electron chi connectivity index (χ0n) is 25.2. The smallest absolute Gasteiger partial charge is 0.307 e. The van der Waals surface area contributed by atoms with Gasteiger partial charge in [0, 0.05) is 38.1 Å². The van der Waals surface area contributed by atoms with Crippen molar-refractivity contribution in [3.8, 4) is 0 Å². The van der Waals surface area contributed by atoms with Crippen LogP contribution >= 0.6 is 0 Å². The number of carbonyl (C=O) groups excluding carboxylic acids is 2. The Morgan fingerprint density at radius 2 is 1.31 bits per heavy atom. The Labute approximate surface area is 222 Å². The summed E-state index contributed by atoms with van der Waals surface area (Å²) in [6.45, 7) is 25.6. The lowest BCUT2D eigenvalue weighted by atomic mass is 9.74. The molecule has 214 valence electrons. The zero-order valence-corrected chi connectivity index (χ0v) is 25.2. The Bertz CT molecular complexity index is 637. The third-order valence-electron chi connectivity index (χ3n) is 6.18. The summed E-state index contributed by atoms with van der Waals surface area (Å²) in [5, 5.41) is 12.6. The summed E-state index contributed by atoms with van der Waals surface area (Å²) in [6.07, 6.45) is 3.57. The number of ether oxygens (including phenoxy) is 2. The van der Waals surface area contributed by atoms with Crippen LogP contribution in [0.5, 0.6) is 0 Å². The Morgan fingerprint density at radius 3 is 1.83 bits per heavy atom. The molecule has 7 nitrogen and oxygen atoms in total. The molecular weight excluding hydrogens is 456 g/mol. The fourth-order valence-corrected chi connectivity index (χ4v) is 5.00. The summed E-state index contributed by atoms with van der Waals surface area (Å²) in [6, 6.07) is 0. The second kappa shape index (κ2) is 15.9. The molecule has 0 saturated carbocycles. The minimum atomic E-state index is -0.207. The lowest BCUT2D eigenvalue weighted by Crippen LogP contribution is -2.36. The van der Waals surface area contributed by atoms with Crippen molar-refractivity contribution in [3.05, 3.63) is 0 Å². The van der Waals surface area contributed by atoms with Crippen LogP contribution in [-0.4, -0.2) is 74.5 Å². The van der Waals surface area contributed by atoms with E-state index < -0.39 is 0 Å². The molecule has 0 aliphatic rings. The number of hydrogen-bond acceptors (Lipinski definition) is 7. The summed E-state index contributed by atoms with van der Waals surface area (Å²) >= 11 is 0. The van der Waals surface area contributed by atoms with Gasteiger partial charge in [0.15, 0.2) is 0 Å². The van der Waals surface area contributed by atoms with Gasteiger partial charge in [0.25, 0.3) is 0 Å². The van der Waals surface area contributed by atoms with Crippen molar-refractivity contribution >= 4 is 11.9 Å². The van der Waals surface area contributed by atoms with Crippen LogP contribution in [0.4, 0.5) is 0 Å². The van der Waals surface area contributed by atoms with Crippen molar-refractivity contribution in [1.29, 1.82) is 0 Å². The highest BCUT2D eigenvalue weighted by atomic mass is 16.5. The van der Waals surface area contributed by atoms with E-state index in [1.54, 1.807) is 0 Å². The third-order valence-corrected chi connectivity index (χ3v) is 6.18. The number of hydrogen-bond donors (Lipinski definition) is 2. The maximum absolute atomic E-state index is 12.3. The van der Waals surface area contributed by atoms with Gasteiger partial charge in [-0.2, -0.15) is 0 Å². The van der Waals surface area contributed by atoms with E-state index in [1.807, 2.05) is 4.90 Å². The molecule has 0 radical (unpaired) electrons. The van der Waals surface area contributed by atoms with E-state index in [0.717, 1.165) is 19.3 Å². The maximum Gasteiger partial charge on any atom is 0.307 e. The third kappa shape index (κ3) is 19.0. The molecular formula is C29H58N2O5. The number of rotatable bonds is 18. The van der Waals surface area contributed by atoms with Crippen LogP contribution in [-0.2, 0) is 19.1 Å². The van der Waals surface area contributed by atoms with Crippen molar-refractivity contribution in [2.24, 2.45) is 21.7 Å². The van der Waals surface area contributed by atoms with Crippen molar-refractivity contribution in [1.82, 2.24) is 10.2 Å². The van der Waals surface area contributed by atoms with E-state index >= 15 is 0 Å². The summed E-state index contributed by atoms with van der Waals surface area (Å²) in [5.41, 5.74) is 0.305. The molecule has 0 aliphatic carbocycles. The lowest BCUT2D eigenvalue weighted by Gasteiger charge is -2.34. The van der Waals surface area contributed by atoms with Crippen molar-refractivity contribution in [3.63, 3.8) is 0 Å². The van der Waals surface area contributed by atoms with Crippen LogP contribution in [0, 0.1) is 21.7 Å². The molecule has 0 heterocycles. The normalized spacial score (nSPS) is 14.6. The molecule has 0 aromatic rings. The molecule has 0 fully saturated rings. The molecule has 1 atom stereocenters. The highest BCUT2D eigenvalue weighted by Gasteiger charge is 2.30. The molecule has 0 spiro atoms. The van der Waals surface area contributed by atoms with Gasteiger partial charge in [0.05, 0.1) is 32.7 Å². The second-order valence-electron chi connectivity index (χ2n) is 13.9. The number of nitrogens with one attached hydrogen (secondary N) is 1. The average molecular weight is 515 g/mol. The zero-order chi connectivity index (χ0) is 28.0. The first-order valence-electron chi connectivity index (χ1n) is 13.8. The van der Waals surface area contributed by atoms with Gasteiger partial charge < -0.3 is 19.9 Å². The highest BCUT2D eigenvalue weighted by molar-refractivity contribution is 5.69. The number of carbonyl (C=O) groups is 2. The van der Waals surface area contributed by atoms with Gasteiger partial charge in [-0.25, -0.2) is 0 Å². The molecule has 0 saturated heterocycles. The standard InChI is InChI=1S/C29H58N2O5/c1-11-29(10,21-27(5,6)7)23-36-24(33)12-14-30-15-17-31(18-19-32)16-13-25(34)35-22-28(8,9)20-26(2,3)4/h30,32H,11-23H2,1-10H3. The monoisotopic (exact) mass is 514 g/mol. The highest BCUT2D eigenvalue weighted by Crippen LogP contribution is 2.36. The Balaban J connectivity index is 4.25. The molecule has 0 bridgehead atoms. The number of nitrogens with zero attached hydrogens (tertiary/aromatic N) is 1. The maximum atomic E-state index is 12.3. The van der Waals surface area contributed by atoms with Crippen molar-refractivity contribution in [2.75, 3.05) is 52.5 Å². The van der Waals surface area contributed by atoms with Gasteiger partial charge in [-0.15, -0.1) is 0 Å². The Kier molecular flexibility index (Phi) is 15.4.